The van der Waals surface area contributed by atoms with E-state index < -0.39 is 5.97 Å². The van der Waals surface area contributed by atoms with E-state index in [1.807, 2.05) is 18.2 Å². The molecule has 3 aromatic rings. The zero-order chi connectivity index (χ0) is 20.4. The Kier molecular flexibility index (Phi) is 5.70. The van der Waals surface area contributed by atoms with Crippen molar-refractivity contribution in [1.82, 2.24) is 4.57 Å². The number of hydrogen-bond acceptors (Lipinski definition) is 1. The molecule has 0 aliphatic heterocycles. The largest absolute Gasteiger partial charge is 0.478 e. The lowest BCUT2D eigenvalue weighted by molar-refractivity contribution is 0.0698. The van der Waals surface area contributed by atoms with Crippen molar-refractivity contribution in [2.24, 2.45) is 5.92 Å². The van der Waals surface area contributed by atoms with Gasteiger partial charge in [0.15, 0.2) is 0 Å². The van der Waals surface area contributed by atoms with E-state index >= 15 is 0 Å². The summed E-state index contributed by atoms with van der Waals surface area (Å²) in [7, 11) is 0. The second kappa shape index (κ2) is 8.40. The van der Waals surface area contributed by atoms with Gasteiger partial charge < -0.3 is 9.67 Å². The van der Waals surface area contributed by atoms with Gasteiger partial charge >= 0.3 is 5.97 Å². The van der Waals surface area contributed by atoms with Crippen LogP contribution < -0.4 is 0 Å². The fourth-order valence-corrected chi connectivity index (χ4v) is 4.87. The molecule has 152 valence electrons. The average Bonchev–Trinajstić information content (AvgIpc) is 2.87. The molecule has 1 atom stereocenters. The van der Waals surface area contributed by atoms with Crippen LogP contribution >= 0.6 is 0 Å². The molecule has 4 heteroatoms. The number of nitrogens with zero attached hydrogens (tertiary/aromatic N) is 1. The number of unbranched alkanes of at least 4 members (excludes halogenated alkanes) is 1. The lowest BCUT2D eigenvalue weighted by Crippen LogP contribution is -2.12. The Morgan fingerprint density at radius 1 is 1.21 bits per heavy atom. The standard InChI is InChI=1S/C25H28FNO2/c1-2-3-8-17-9-6-11-19-20-12-7-13-21(25(28)29)24(20)27(23(19)15-17)16-18-10-4-5-14-22(18)26/h4-5,7,10,12-14,17H,2-3,6,8-9,11,15-16H2,1H3,(H,28,29). The second-order valence-corrected chi connectivity index (χ2v) is 8.21. The maximum absolute atomic E-state index is 14.5. The maximum atomic E-state index is 14.5. The average molecular weight is 394 g/mol. The second-order valence-electron chi connectivity index (χ2n) is 8.21. The lowest BCUT2D eigenvalue weighted by atomic mass is 9.94. The molecule has 1 heterocycles. The zero-order valence-electron chi connectivity index (χ0n) is 17.0. The summed E-state index contributed by atoms with van der Waals surface area (Å²) in [5, 5.41) is 10.8. The molecule has 3 nitrogen and oxygen atoms in total. The molecule has 0 spiro atoms. The minimum Gasteiger partial charge on any atom is -0.478 e. The quantitative estimate of drug-likeness (QED) is 0.506. The highest BCUT2D eigenvalue weighted by molar-refractivity contribution is 6.04. The van der Waals surface area contributed by atoms with E-state index in [0.717, 1.165) is 30.2 Å². The number of aromatic nitrogens is 1. The molecule has 0 amide bonds. The van der Waals surface area contributed by atoms with Gasteiger partial charge in [-0.1, -0.05) is 56.5 Å². The third-order valence-corrected chi connectivity index (χ3v) is 6.31. The fourth-order valence-electron chi connectivity index (χ4n) is 4.87. The number of rotatable bonds is 6. The van der Waals surface area contributed by atoms with Gasteiger partial charge in [0.1, 0.15) is 5.82 Å². The van der Waals surface area contributed by atoms with Crippen molar-refractivity contribution in [2.45, 2.75) is 58.4 Å². The number of fused-ring (bicyclic) bond motifs is 3. The van der Waals surface area contributed by atoms with Gasteiger partial charge in [-0.3, -0.25) is 0 Å². The monoisotopic (exact) mass is 393 g/mol. The molecule has 4 rings (SSSR count). The van der Waals surface area contributed by atoms with E-state index in [-0.39, 0.29) is 5.82 Å². The van der Waals surface area contributed by atoms with E-state index in [0.29, 0.717) is 23.6 Å². The van der Waals surface area contributed by atoms with Crippen LogP contribution in [-0.2, 0) is 19.4 Å². The first kappa shape index (κ1) is 19.7. The van der Waals surface area contributed by atoms with Gasteiger partial charge in [0.25, 0.3) is 0 Å². The van der Waals surface area contributed by atoms with Crippen LogP contribution in [-0.4, -0.2) is 15.6 Å². The van der Waals surface area contributed by atoms with Crippen LogP contribution in [0.3, 0.4) is 0 Å². The minimum atomic E-state index is -0.930. The van der Waals surface area contributed by atoms with Crippen LogP contribution in [0.5, 0.6) is 0 Å². The summed E-state index contributed by atoms with van der Waals surface area (Å²) in [6, 6.07) is 12.3. The van der Waals surface area contributed by atoms with Crippen molar-refractivity contribution in [1.29, 1.82) is 0 Å². The van der Waals surface area contributed by atoms with Crippen molar-refractivity contribution in [3.05, 3.63) is 70.7 Å². The van der Waals surface area contributed by atoms with Gasteiger partial charge in [-0.05, 0) is 49.3 Å². The van der Waals surface area contributed by atoms with Crippen LogP contribution in [0.2, 0.25) is 0 Å². The number of hydrogen-bond donors (Lipinski definition) is 1. The number of para-hydroxylation sites is 1. The first-order valence-corrected chi connectivity index (χ1v) is 10.7. The number of benzene rings is 2. The minimum absolute atomic E-state index is 0.243. The Morgan fingerprint density at radius 3 is 2.79 bits per heavy atom. The van der Waals surface area contributed by atoms with E-state index in [9.17, 15) is 14.3 Å². The summed E-state index contributed by atoms with van der Waals surface area (Å²) in [4.78, 5) is 12.0. The molecule has 1 unspecified atom stereocenters. The zero-order valence-corrected chi connectivity index (χ0v) is 17.0. The van der Waals surface area contributed by atoms with Gasteiger partial charge in [-0.25, -0.2) is 9.18 Å². The predicted octanol–water partition coefficient (Wildman–Crippen LogP) is 6.21. The van der Waals surface area contributed by atoms with Crippen LogP contribution in [0.1, 0.15) is 66.2 Å². The lowest BCUT2D eigenvalue weighted by Gasteiger charge is -2.18. The molecule has 1 N–H and O–H groups in total. The Labute approximate surface area is 171 Å². The number of aromatic carboxylic acids is 1. The van der Waals surface area contributed by atoms with Gasteiger partial charge in [-0.2, -0.15) is 0 Å². The number of carboxylic acid groups (broad SMARTS) is 1. The first-order chi connectivity index (χ1) is 14.1. The van der Waals surface area contributed by atoms with Crippen LogP contribution in [0.4, 0.5) is 4.39 Å². The maximum Gasteiger partial charge on any atom is 0.337 e. The Bertz CT molecular complexity index is 1040. The van der Waals surface area contributed by atoms with Crippen molar-refractivity contribution in [2.75, 3.05) is 0 Å². The van der Waals surface area contributed by atoms with E-state index in [2.05, 4.69) is 11.5 Å². The molecular formula is C25H28FNO2. The Balaban J connectivity index is 1.90. The highest BCUT2D eigenvalue weighted by atomic mass is 19.1. The predicted molar refractivity (Wildman–Crippen MR) is 114 cm³/mol. The van der Waals surface area contributed by atoms with Gasteiger partial charge in [-0.15, -0.1) is 0 Å². The summed E-state index contributed by atoms with van der Waals surface area (Å²) in [5.41, 5.74) is 4.11. The molecule has 1 aromatic heterocycles. The summed E-state index contributed by atoms with van der Waals surface area (Å²) in [5.74, 6) is -0.569. The summed E-state index contributed by atoms with van der Waals surface area (Å²) >= 11 is 0. The van der Waals surface area contributed by atoms with E-state index in [4.69, 9.17) is 0 Å². The normalized spacial score (nSPS) is 16.6. The molecule has 1 aliphatic rings. The van der Waals surface area contributed by atoms with Crippen LogP contribution in [0.15, 0.2) is 42.5 Å². The van der Waals surface area contributed by atoms with Crippen molar-refractivity contribution >= 4 is 16.9 Å². The summed E-state index contributed by atoms with van der Waals surface area (Å²) in [6.45, 7) is 2.58. The molecule has 0 bridgehead atoms. The van der Waals surface area contributed by atoms with Gasteiger partial charge in [0.05, 0.1) is 17.6 Å². The summed E-state index contributed by atoms with van der Waals surface area (Å²) < 4.78 is 16.6. The third-order valence-electron chi connectivity index (χ3n) is 6.31. The number of halogens is 1. The Morgan fingerprint density at radius 2 is 2.03 bits per heavy atom. The Hall–Kier alpha value is -2.62. The topological polar surface area (TPSA) is 42.2 Å². The molecule has 2 aromatic carbocycles. The smallest absolute Gasteiger partial charge is 0.337 e. The molecule has 1 aliphatic carbocycles. The van der Waals surface area contributed by atoms with Gasteiger partial charge in [0.2, 0.25) is 0 Å². The SMILES string of the molecule is CCCCC1CCCc2c(n(Cc3ccccc3F)c3c(C(=O)O)cccc23)C1. The molecule has 0 saturated carbocycles. The van der Waals surface area contributed by atoms with Crippen molar-refractivity contribution in [3.8, 4) is 0 Å². The van der Waals surface area contributed by atoms with Crippen molar-refractivity contribution < 1.29 is 14.3 Å². The van der Waals surface area contributed by atoms with Crippen LogP contribution in [0.25, 0.3) is 10.9 Å². The highest BCUT2D eigenvalue weighted by Crippen LogP contribution is 2.37. The highest BCUT2D eigenvalue weighted by Gasteiger charge is 2.26. The number of carboxylic acids is 1. The first-order valence-electron chi connectivity index (χ1n) is 10.7. The molecule has 29 heavy (non-hydrogen) atoms. The molecular weight excluding hydrogens is 365 g/mol. The number of carbonyl (C=O) groups is 1. The van der Waals surface area contributed by atoms with E-state index in [1.165, 1.54) is 43.0 Å². The molecule has 0 fully saturated rings. The van der Waals surface area contributed by atoms with Crippen LogP contribution in [0, 0.1) is 11.7 Å². The van der Waals surface area contributed by atoms with Crippen molar-refractivity contribution in [3.63, 3.8) is 0 Å². The summed E-state index contributed by atoms with van der Waals surface area (Å²) in [6.07, 6.45) is 7.83. The van der Waals surface area contributed by atoms with Gasteiger partial charge in [0, 0.05) is 16.6 Å². The van der Waals surface area contributed by atoms with E-state index in [1.54, 1.807) is 18.2 Å². The molecule has 0 saturated heterocycles. The number of aryl methyl sites for hydroxylation is 1. The third kappa shape index (κ3) is 3.81. The molecule has 0 radical (unpaired) electrons. The fraction of sp³-hybridized carbons (Fsp3) is 0.400.